The molecule has 5 nitrogen and oxygen atoms in total. The summed E-state index contributed by atoms with van der Waals surface area (Å²) in [5.74, 6) is -0.570. The van der Waals surface area contributed by atoms with Gasteiger partial charge in [-0.15, -0.1) is 0 Å². The third-order valence-electron chi connectivity index (χ3n) is 2.98. The lowest BCUT2D eigenvalue weighted by atomic mass is 10.1. The Morgan fingerprint density at radius 3 is 2.78 bits per heavy atom. The highest BCUT2D eigenvalue weighted by molar-refractivity contribution is 5.90. The maximum atomic E-state index is 12.5. The minimum Gasteiger partial charge on any atom is -0.497 e. The molecule has 0 atom stereocenters. The Hall–Kier alpha value is -2.64. The van der Waals surface area contributed by atoms with E-state index in [0.717, 1.165) is 11.8 Å². The van der Waals surface area contributed by atoms with Gasteiger partial charge in [0, 0.05) is 12.7 Å². The fraction of sp³-hybridized carbons (Fsp3) is 0.267. The first kappa shape index (κ1) is 16.7. The van der Waals surface area contributed by atoms with Crippen molar-refractivity contribution < 1.29 is 22.7 Å². The maximum Gasteiger partial charge on any atom is 0.433 e. The van der Waals surface area contributed by atoms with Crippen molar-refractivity contribution in [3.63, 3.8) is 0 Å². The van der Waals surface area contributed by atoms with Crippen molar-refractivity contribution in [3.8, 4) is 5.75 Å². The van der Waals surface area contributed by atoms with Gasteiger partial charge in [0.2, 0.25) is 5.82 Å². The van der Waals surface area contributed by atoms with Crippen LogP contribution in [0, 0.1) is 0 Å². The largest absolute Gasteiger partial charge is 0.497 e. The lowest BCUT2D eigenvalue weighted by Crippen LogP contribution is -2.28. The van der Waals surface area contributed by atoms with E-state index in [1.54, 1.807) is 13.2 Å². The molecule has 0 fully saturated rings. The third-order valence-corrected chi connectivity index (χ3v) is 2.98. The van der Waals surface area contributed by atoms with E-state index in [1.807, 2.05) is 18.2 Å². The molecule has 0 aliphatic carbocycles. The molecule has 0 aliphatic rings. The van der Waals surface area contributed by atoms with Gasteiger partial charge < -0.3 is 10.1 Å². The summed E-state index contributed by atoms with van der Waals surface area (Å²) < 4.78 is 42.7. The second kappa shape index (κ2) is 7.08. The highest BCUT2D eigenvalue weighted by Crippen LogP contribution is 2.26. The summed E-state index contributed by atoms with van der Waals surface area (Å²) in [5, 5.41) is 2.49. The zero-order valence-electron chi connectivity index (χ0n) is 12.2. The summed E-state index contributed by atoms with van der Waals surface area (Å²) in [6.07, 6.45) is -3.20. The molecule has 2 rings (SSSR count). The zero-order valence-corrected chi connectivity index (χ0v) is 12.2. The van der Waals surface area contributed by atoms with Gasteiger partial charge in [-0.2, -0.15) is 13.2 Å². The Morgan fingerprint density at radius 1 is 1.30 bits per heavy atom. The van der Waals surface area contributed by atoms with Crippen molar-refractivity contribution in [3.05, 3.63) is 53.6 Å². The third kappa shape index (κ3) is 4.67. The Bertz CT molecular complexity index is 690. The summed E-state index contributed by atoms with van der Waals surface area (Å²) in [4.78, 5) is 18.6. The number of carbonyl (C=O) groups excluding carboxylic acids is 1. The topological polar surface area (TPSA) is 64.1 Å². The number of halogens is 3. The number of ether oxygens (including phenoxy) is 1. The first-order valence-electron chi connectivity index (χ1n) is 6.71. The Kier molecular flexibility index (Phi) is 5.15. The van der Waals surface area contributed by atoms with Gasteiger partial charge in [0.05, 0.1) is 7.11 Å². The number of amides is 1. The van der Waals surface area contributed by atoms with Gasteiger partial charge in [0.15, 0.2) is 0 Å². The average molecular weight is 325 g/mol. The Balaban J connectivity index is 1.94. The molecule has 2 aromatic rings. The Labute approximate surface area is 130 Å². The Morgan fingerprint density at radius 2 is 2.09 bits per heavy atom. The molecule has 0 bridgehead atoms. The van der Waals surface area contributed by atoms with E-state index < -0.39 is 23.6 Å². The molecule has 1 amide bonds. The van der Waals surface area contributed by atoms with Crippen LogP contribution in [0.5, 0.6) is 5.75 Å². The van der Waals surface area contributed by atoms with Crippen LogP contribution in [0.2, 0.25) is 0 Å². The molecule has 1 N–H and O–H groups in total. The highest BCUT2D eigenvalue weighted by Gasteiger charge is 2.33. The van der Waals surface area contributed by atoms with E-state index in [4.69, 9.17) is 4.74 Å². The SMILES string of the molecule is COc1cccc(CCNC(=O)c2nccc(C(F)(F)F)n2)c1. The molecule has 1 heterocycles. The monoisotopic (exact) mass is 325 g/mol. The van der Waals surface area contributed by atoms with E-state index in [0.29, 0.717) is 18.2 Å². The smallest absolute Gasteiger partial charge is 0.433 e. The molecule has 122 valence electrons. The van der Waals surface area contributed by atoms with Crippen molar-refractivity contribution in [1.82, 2.24) is 15.3 Å². The number of benzene rings is 1. The molecular formula is C15H14F3N3O2. The van der Waals surface area contributed by atoms with E-state index >= 15 is 0 Å². The van der Waals surface area contributed by atoms with Crippen molar-refractivity contribution >= 4 is 5.91 Å². The molecule has 23 heavy (non-hydrogen) atoms. The van der Waals surface area contributed by atoms with Crippen molar-refractivity contribution in [2.45, 2.75) is 12.6 Å². The number of carbonyl (C=O) groups is 1. The van der Waals surface area contributed by atoms with E-state index in [1.165, 1.54) is 0 Å². The summed E-state index contributed by atoms with van der Waals surface area (Å²) >= 11 is 0. The number of methoxy groups -OCH3 is 1. The van der Waals surface area contributed by atoms with Crippen molar-refractivity contribution in [2.24, 2.45) is 0 Å². The van der Waals surface area contributed by atoms with E-state index in [9.17, 15) is 18.0 Å². The van der Waals surface area contributed by atoms with Crippen LogP contribution in [-0.2, 0) is 12.6 Å². The van der Waals surface area contributed by atoms with Crippen molar-refractivity contribution in [2.75, 3.05) is 13.7 Å². The standard InChI is InChI=1S/C15H14F3N3O2/c1-23-11-4-2-3-10(9-11)5-7-20-14(22)13-19-8-6-12(21-13)15(16,17)18/h2-4,6,8-9H,5,7H2,1H3,(H,20,22). The second-order valence-electron chi connectivity index (χ2n) is 4.62. The number of hydrogen-bond donors (Lipinski definition) is 1. The second-order valence-corrected chi connectivity index (χ2v) is 4.62. The summed E-state index contributed by atoms with van der Waals surface area (Å²) in [5.41, 5.74) is -0.222. The molecule has 0 spiro atoms. The number of alkyl halides is 3. The highest BCUT2D eigenvalue weighted by atomic mass is 19.4. The molecule has 0 saturated carbocycles. The molecule has 1 aromatic carbocycles. The van der Waals surface area contributed by atoms with Gasteiger partial charge in [-0.25, -0.2) is 9.97 Å². The van der Waals surface area contributed by atoms with Gasteiger partial charge in [0.1, 0.15) is 11.4 Å². The number of nitrogens with zero attached hydrogens (tertiary/aromatic N) is 2. The first-order valence-corrected chi connectivity index (χ1v) is 6.71. The van der Waals surface area contributed by atoms with Crippen LogP contribution in [0.3, 0.4) is 0 Å². The number of nitrogens with one attached hydrogen (secondary N) is 1. The summed E-state index contributed by atoms with van der Waals surface area (Å²) in [6.45, 7) is 0.242. The maximum absolute atomic E-state index is 12.5. The van der Waals surface area contributed by atoms with Gasteiger partial charge in [-0.05, 0) is 30.2 Å². The molecule has 0 radical (unpaired) electrons. The van der Waals surface area contributed by atoms with Crippen LogP contribution < -0.4 is 10.1 Å². The van der Waals surface area contributed by atoms with Crippen LogP contribution in [0.4, 0.5) is 13.2 Å². The fourth-order valence-corrected chi connectivity index (χ4v) is 1.85. The fourth-order valence-electron chi connectivity index (χ4n) is 1.85. The minimum atomic E-state index is -4.61. The van der Waals surface area contributed by atoms with Crippen LogP contribution in [0.15, 0.2) is 36.5 Å². The molecule has 8 heteroatoms. The van der Waals surface area contributed by atoms with Crippen LogP contribution in [0.25, 0.3) is 0 Å². The van der Waals surface area contributed by atoms with E-state index in [2.05, 4.69) is 15.3 Å². The van der Waals surface area contributed by atoms with Gasteiger partial charge in [-0.3, -0.25) is 4.79 Å². The van der Waals surface area contributed by atoms with Gasteiger partial charge >= 0.3 is 6.18 Å². The number of aromatic nitrogens is 2. The molecule has 0 saturated heterocycles. The number of rotatable bonds is 5. The molecule has 1 aromatic heterocycles. The van der Waals surface area contributed by atoms with Crippen molar-refractivity contribution in [1.29, 1.82) is 0 Å². The molecule has 0 aliphatic heterocycles. The quantitative estimate of drug-likeness (QED) is 0.917. The van der Waals surface area contributed by atoms with E-state index in [-0.39, 0.29) is 6.54 Å². The predicted molar refractivity (Wildman–Crippen MR) is 76.1 cm³/mol. The molecule has 0 unspecified atom stereocenters. The summed E-state index contributed by atoms with van der Waals surface area (Å²) in [7, 11) is 1.55. The molecular weight excluding hydrogens is 311 g/mol. The van der Waals surface area contributed by atoms with Gasteiger partial charge in [0.25, 0.3) is 5.91 Å². The minimum absolute atomic E-state index is 0.242. The first-order chi connectivity index (χ1) is 10.9. The average Bonchev–Trinajstić information content (AvgIpc) is 2.54. The van der Waals surface area contributed by atoms with Crippen LogP contribution in [0.1, 0.15) is 21.9 Å². The lowest BCUT2D eigenvalue weighted by Gasteiger charge is -2.08. The van der Waals surface area contributed by atoms with Gasteiger partial charge in [-0.1, -0.05) is 12.1 Å². The van der Waals surface area contributed by atoms with Crippen LogP contribution >= 0.6 is 0 Å². The zero-order chi connectivity index (χ0) is 16.9. The lowest BCUT2D eigenvalue weighted by molar-refractivity contribution is -0.141. The predicted octanol–water partition coefficient (Wildman–Crippen LogP) is 2.48. The number of hydrogen-bond acceptors (Lipinski definition) is 4. The van der Waals surface area contributed by atoms with Crippen LogP contribution in [-0.4, -0.2) is 29.5 Å². The normalized spacial score (nSPS) is 11.1. The summed E-state index contributed by atoms with van der Waals surface area (Å²) in [6, 6.07) is 7.99.